The summed E-state index contributed by atoms with van der Waals surface area (Å²) in [7, 11) is 1.86. The highest BCUT2D eigenvalue weighted by Gasteiger charge is 2.08. The molecule has 0 bridgehead atoms. The minimum absolute atomic E-state index is 0.164. The maximum absolute atomic E-state index is 11.9. The monoisotopic (exact) mass is 305 g/mol. The van der Waals surface area contributed by atoms with Crippen molar-refractivity contribution in [2.45, 2.75) is 6.42 Å². The predicted molar refractivity (Wildman–Crippen MR) is 80.2 cm³/mol. The van der Waals surface area contributed by atoms with Crippen molar-refractivity contribution in [1.82, 2.24) is 15.1 Å². The topological polar surface area (TPSA) is 84.2 Å². The molecule has 0 atom stereocenters. The molecular weight excluding hydrogens is 290 g/mol. The van der Waals surface area contributed by atoms with E-state index in [1.807, 2.05) is 13.1 Å². The van der Waals surface area contributed by atoms with Crippen molar-refractivity contribution in [1.29, 1.82) is 0 Å². The SMILES string of the molecule is Cn1nccc1CCNC(=O)c1csc(/C=C/C(=O)O)c1. The highest BCUT2D eigenvalue weighted by molar-refractivity contribution is 7.11. The summed E-state index contributed by atoms with van der Waals surface area (Å²) in [5, 5.41) is 17.1. The first-order valence-electron chi connectivity index (χ1n) is 6.31. The Balaban J connectivity index is 1.86. The number of aryl methyl sites for hydroxylation is 1. The lowest BCUT2D eigenvalue weighted by Gasteiger charge is -2.04. The summed E-state index contributed by atoms with van der Waals surface area (Å²) < 4.78 is 1.77. The number of nitrogens with one attached hydrogen (secondary N) is 1. The largest absolute Gasteiger partial charge is 0.478 e. The second-order valence-electron chi connectivity index (χ2n) is 4.36. The molecule has 6 nitrogen and oxygen atoms in total. The Kier molecular flexibility index (Phi) is 4.89. The van der Waals surface area contributed by atoms with Gasteiger partial charge in [-0.25, -0.2) is 4.79 Å². The molecule has 0 saturated carbocycles. The number of carboxylic acids is 1. The molecule has 2 heterocycles. The van der Waals surface area contributed by atoms with Crippen LogP contribution in [0, 0.1) is 0 Å². The third-order valence-electron chi connectivity index (χ3n) is 2.86. The van der Waals surface area contributed by atoms with E-state index in [4.69, 9.17) is 5.11 Å². The van der Waals surface area contributed by atoms with E-state index in [1.165, 1.54) is 17.4 Å². The van der Waals surface area contributed by atoms with Crippen molar-refractivity contribution in [2.24, 2.45) is 7.05 Å². The summed E-state index contributed by atoms with van der Waals surface area (Å²) in [5.41, 5.74) is 1.58. The van der Waals surface area contributed by atoms with Gasteiger partial charge < -0.3 is 10.4 Å². The molecule has 0 aliphatic carbocycles. The van der Waals surface area contributed by atoms with Crippen LogP contribution in [0.3, 0.4) is 0 Å². The zero-order valence-electron chi connectivity index (χ0n) is 11.4. The van der Waals surface area contributed by atoms with Crippen molar-refractivity contribution in [3.8, 4) is 0 Å². The highest BCUT2D eigenvalue weighted by atomic mass is 32.1. The van der Waals surface area contributed by atoms with Crippen LogP contribution < -0.4 is 5.32 Å². The highest BCUT2D eigenvalue weighted by Crippen LogP contribution is 2.16. The summed E-state index contributed by atoms with van der Waals surface area (Å²) in [6, 6.07) is 3.58. The van der Waals surface area contributed by atoms with Gasteiger partial charge in [-0.05, 0) is 18.2 Å². The summed E-state index contributed by atoms with van der Waals surface area (Å²) in [4.78, 5) is 23.1. The molecule has 110 valence electrons. The Bertz CT molecular complexity index is 673. The van der Waals surface area contributed by atoms with Gasteiger partial charge >= 0.3 is 5.97 Å². The molecule has 0 saturated heterocycles. The average molecular weight is 305 g/mol. The standard InChI is InChI=1S/C14H15N3O3S/c1-17-11(5-7-16-17)4-6-15-14(20)10-8-12(21-9-10)2-3-13(18)19/h2-3,5,7-9H,4,6H2,1H3,(H,15,20)(H,18,19)/b3-2+. The van der Waals surface area contributed by atoms with Gasteiger partial charge in [0.25, 0.3) is 5.91 Å². The van der Waals surface area contributed by atoms with Crippen LogP contribution in [0.2, 0.25) is 0 Å². The van der Waals surface area contributed by atoms with E-state index in [1.54, 1.807) is 22.3 Å². The molecule has 0 unspecified atom stereocenters. The first kappa shape index (κ1) is 15.0. The molecule has 21 heavy (non-hydrogen) atoms. The number of carbonyl (C=O) groups excluding carboxylic acids is 1. The van der Waals surface area contributed by atoms with E-state index in [2.05, 4.69) is 10.4 Å². The lowest BCUT2D eigenvalue weighted by molar-refractivity contribution is -0.131. The Labute approximate surface area is 125 Å². The number of carbonyl (C=O) groups is 2. The van der Waals surface area contributed by atoms with Gasteiger partial charge in [-0.15, -0.1) is 11.3 Å². The first-order chi connectivity index (χ1) is 10.1. The van der Waals surface area contributed by atoms with Gasteiger partial charge in [0.1, 0.15) is 0 Å². The van der Waals surface area contributed by atoms with Gasteiger partial charge in [0.05, 0.1) is 5.56 Å². The number of aromatic nitrogens is 2. The van der Waals surface area contributed by atoms with E-state index in [0.717, 1.165) is 16.6 Å². The quantitative estimate of drug-likeness (QED) is 0.793. The number of nitrogens with zero attached hydrogens (tertiary/aromatic N) is 2. The van der Waals surface area contributed by atoms with E-state index in [9.17, 15) is 9.59 Å². The summed E-state index contributed by atoms with van der Waals surface area (Å²) >= 11 is 1.33. The van der Waals surface area contributed by atoms with E-state index < -0.39 is 5.97 Å². The normalized spacial score (nSPS) is 10.9. The minimum atomic E-state index is -1.01. The fourth-order valence-corrected chi connectivity index (χ4v) is 2.55. The van der Waals surface area contributed by atoms with Crippen LogP contribution in [0.1, 0.15) is 20.9 Å². The molecule has 1 amide bonds. The van der Waals surface area contributed by atoms with Gasteiger partial charge in [0.15, 0.2) is 0 Å². The average Bonchev–Trinajstić information content (AvgIpc) is 3.06. The maximum atomic E-state index is 11.9. The molecule has 7 heteroatoms. The number of carboxylic acid groups (broad SMARTS) is 1. The van der Waals surface area contributed by atoms with Crippen LogP contribution >= 0.6 is 11.3 Å². The molecule has 0 spiro atoms. The second-order valence-corrected chi connectivity index (χ2v) is 5.30. The molecule has 0 radical (unpaired) electrons. The van der Waals surface area contributed by atoms with E-state index in [0.29, 0.717) is 18.5 Å². The number of hydrogen-bond donors (Lipinski definition) is 2. The fourth-order valence-electron chi connectivity index (χ4n) is 1.77. The van der Waals surface area contributed by atoms with Crippen molar-refractivity contribution >= 4 is 29.3 Å². The van der Waals surface area contributed by atoms with Crippen LogP contribution in [-0.2, 0) is 18.3 Å². The lowest BCUT2D eigenvalue weighted by Crippen LogP contribution is -2.25. The third-order valence-corrected chi connectivity index (χ3v) is 3.76. The van der Waals surface area contributed by atoms with E-state index in [-0.39, 0.29) is 5.91 Å². The van der Waals surface area contributed by atoms with Crippen molar-refractivity contribution < 1.29 is 14.7 Å². The number of hydrogen-bond acceptors (Lipinski definition) is 4. The van der Waals surface area contributed by atoms with Gasteiger partial charge in [-0.2, -0.15) is 5.10 Å². The Hall–Kier alpha value is -2.41. The Morgan fingerprint density at radius 3 is 3.00 bits per heavy atom. The number of rotatable bonds is 6. The fraction of sp³-hybridized carbons (Fsp3) is 0.214. The molecule has 2 aromatic rings. The number of aliphatic carboxylic acids is 1. The zero-order valence-corrected chi connectivity index (χ0v) is 12.3. The van der Waals surface area contributed by atoms with Crippen molar-refractivity contribution in [3.63, 3.8) is 0 Å². The summed E-state index contributed by atoms with van der Waals surface area (Å²) in [6.45, 7) is 0.522. The lowest BCUT2D eigenvalue weighted by atomic mass is 10.2. The van der Waals surface area contributed by atoms with Crippen molar-refractivity contribution in [3.05, 3.63) is 45.9 Å². The molecule has 0 aliphatic rings. The number of thiophene rings is 1. The molecule has 0 fully saturated rings. The second kappa shape index (κ2) is 6.85. The Morgan fingerprint density at radius 2 is 2.33 bits per heavy atom. The van der Waals surface area contributed by atoms with Crippen LogP contribution in [0.4, 0.5) is 0 Å². The molecule has 0 aromatic carbocycles. The Morgan fingerprint density at radius 1 is 1.52 bits per heavy atom. The van der Waals surface area contributed by atoms with E-state index >= 15 is 0 Å². The summed E-state index contributed by atoms with van der Waals surface area (Å²) in [5.74, 6) is -1.17. The minimum Gasteiger partial charge on any atom is -0.478 e. The molecule has 2 aromatic heterocycles. The zero-order chi connectivity index (χ0) is 15.2. The van der Waals surface area contributed by atoms with Crippen LogP contribution in [0.5, 0.6) is 0 Å². The smallest absolute Gasteiger partial charge is 0.328 e. The predicted octanol–water partition coefficient (Wildman–Crippen LogP) is 1.55. The third kappa shape index (κ3) is 4.28. The van der Waals surface area contributed by atoms with Gasteiger partial charge in [0, 0.05) is 48.2 Å². The van der Waals surface area contributed by atoms with Gasteiger partial charge in [0.2, 0.25) is 0 Å². The van der Waals surface area contributed by atoms with Crippen LogP contribution in [-0.4, -0.2) is 33.3 Å². The molecule has 0 aliphatic heterocycles. The van der Waals surface area contributed by atoms with Crippen LogP contribution in [0.15, 0.2) is 29.8 Å². The van der Waals surface area contributed by atoms with Crippen LogP contribution in [0.25, 0.3) is 6.08 Å². The maximum Gasteiger partial charge on any atom is 0.328 e. The molecule has 2 rings (SSSR count). The van der Waals surface area contributed by atoms with Gasteiger partial charge in [-0.1, -0.05) is 0 Å². The summed E-state index contributed by atoms with van der Waals surface area (Å²) in [6.07, 6.45) is 4.95. The first-order valence-corrected chi connectivity index (χ1v) is 7.19. The van der Waals surface area contributed by atoms with Crippen molar-refractivity contribution in [2.75, 3.05) is 6.54 Å². The number of amides is 1. The molecule has 2 N–H and O–H groups in total. The van der Waals surface area contributed by atoms with Gasteiger partial charge in [-0.3, -0.25) is 9.48 Å². The molecular formula is C14H15N3O3S.